The van der Waals surface area contributed by atoms with Crippen molar-refractivity contribution < 1.29 is 9.05 Å². The first-order valence-corrected chi connectivity index (χ1v) is 6.23. The zero-order valence-electron chi connectivity index (χ0n) is 5.11. The Morgan fingerprint density at radius 1 is 1.67 bits per heavy atom. The second kappa shape index (κ2) is 4.75. The highest BCUT2D eigenvalue weighted by Crippen LogP contribution is 2.52. The highest BCUT2D eigenvalue weighted by atomic mass is 32.9. The predicted molar refractivity (Wildman–Crippen MR) is 46.6 cm³/mol. The lowest BCUT2D eigenvalue weighted by atomic mass is 10.2. The first-order chi connectivity index (χ1) is 4.12. The van der Waals surface area contributed by atoms with Crippen LogP contribution in [0.1, 0.15) is 6.92 Å². The molecule has 0 rings (SSSR count). The molecule has 0 heterocycles. The molecule has 0 aromatic carbocycles. The van der Waals surface area contributed by atoms with E-state index in [-0.39, 0.29) is 6.51 Å². The molecular weight excluding hydrogens is 174 g/mol. The molecule has 0 N–H and O–H groups in total. The average molecular weight is 182 g/mol. The highest BCUT2D eigenvalue weighted by Gasteiger charge is 2.08. The zero-order chi connectivity index (χ0) is 7.33. The van der Waals surface area contributed by atoms with Crippen molar-refractivity contribution in [1.29, 1.82) is 0 Å². The van der Waals surface area contributed by atoms with E-state index in [1.807, 2.05) is 6.92 Å². The van der Waals surface area contributed by atoms with Gasteiger partial charge >= 0.3 is 0 Å². The van der Waals surface area contributed by atoms with Crippen molar-refractivity contribution in [3.8, 4) is 0 Å². The van der Waals surface area contributed by atoms with Crippen molar-refractivity contribution >= 4 is 37.6 Å². The summed E-state index contributed by atoms with van der Waals surface area (Å²) in [5.74, 6) is 0. The Kier molecular flexibility index (Phi) is 5.27. The molecule has 1 atom stereocenters. The Morgan fingerprint density at radius 3 is 2.56 bits per heavy atom. The highest BCUT2D eigenvalue weighted by molar-refractivity contribution is 8.60. The predicted octanol–water partition coefficient (Wildman–Crippen LogP) is 1.32. The Labute approximate surface area is 67.0 Å². The molecule has 1 unspecified atom stereocenters. The van der Waals surface area contributed by atoms with Gasteiger partial charge in [0.15, 0.2) is 0 Å². The van der Waals surface area contributed by atoms with Crippen LogP contribution in [0.3, 0.4) is 0 Å². The van der Waals surface area contributed by atoms with Crippen LogP contribution < -0.4 is 0 Å². The van der Waals surface area contributed by atoms with Gasteiger partial charge in [0.1, 0.15) is 7.85 Å². The van der Waals surface area contributed by atoms with Crippen LogP contribution in [-0.2, 0) is 20.9 Å². The summed E-state index contributed by atoms with van der Waals surface area (Å²) >= 11 is 8.74. The summed E-state index contributed by atoms with van der Waals surface area (Å²) in [5.41, 5.74) is -2.29. The number of hydrogen-bond donors (Lipinski definition) is 1. The van der Waals surface area contributed by atoms with E-state index in [0.717, 1.165) is 0 Å². The Morgan fingerprint density at radius 2 is 2.22 bits per heavy atom. The minimum atomic E-state index is -2.29. The molecular formula is C3H8BO2PS2. The normalized spacial score (nSPS) is 17.1. The molecule has 9 heavy (non-hydrogen) atoms. The van der Waals surface area contributed by atoms with Gasteiger partial charge in [0, 0.05) is 6.51 Å². The van der Waals surface area contributed by atoms with E-state index in [0.29, 0.717) is 6.61 Å². The lowest BCUT2D eigenvalue weighted by Gasteiger charge is -2.13. The maximum atomic E-state index is 5.05. The molecule has 0 aliphatic heterocycles. The largest absolute Gasteiger partial charge is 0.332 e. The fourth-order valence-corrected chi connectivity index (χ4v) is 1.93. The molecule has 2 radical (unpaired) electrons. The lowest BCUT2D eigenvalue weighted by molar-refractivity contribution is 0.301. The topological polar surface area (TPSA) is 18.5 Å². The molecule has 0 saturated heterocycles. The summed E-state index contributed by atoms with van der Waals surface area (Å²) in [5, 5.41) is 0. The summed E-state index contributed by atoms with van der Waals surface area (Å²) in [7, 11) is 5.05. The van der Waals surface area contributed by atoms with Gasteiger partial charge in [-0.3, -0.25) is 0 Å². The van der Waals surface area contributed by atoms with Crippen LogP contribution in [0.4, 0.5) is 0 Å². The Bertz CT molecular complexity index is 110. The SMILES string of the molecule is [B]COP(=S)(S)OCC. The van der Waals surface area contributed by atoms with Gasteiger partial charge in [-0.2, -0.15) is 0 Å². The molecule has 0 fully saturated rings. The third-order valence-electron chi connectivity index (χ3n) is 0.530. The Hall–Kier alpha value is 0.985. The van der Waals surface area contributed by atoms with E-state index >= 15 is 0 Å². The third-order valence-corrected chi connectivity index (χ3v) is 2.92. The maximum Gasteiger partial charge on any atom is 0.243 e. The van der Waals surface area contributed by atoms with Gasteiger partial charge in [-0.15, -0.1) is 0 Å². The zero-order valence-corrected chi connectivity index (χ0v) is 7.72. The van der Waals surface area contributed by atoms with E-state index < -0.39 is 5.69 Å². The van der Waals surface area contributed by atoms with E-state index in [4.69, 9.17) is 28.7 Å². The summed E-state index contributed by atoms with van der Waals surface area (Å²) in [6.45, 7) is 2.42. The monoisotopic (exact) mass is 182 g/mol. The molecule has 0 amide bonds. The van der Waals surface area contributed by atoms with Crippen molar-refractivity contribution in [3.05, 3.63) is 0 Å². The summed E-state index contributed by atoms with van der Waals surface area (Å²) < 4.78 is 9.77. The molecule has 0 aromatic heterocycles. The molecule has 0 spiro atoms. The van der Waals surface area contributed by atoms with Gasteiger partial charge in [0.25, 0.3) is 0 Å². The maximum absolute atomic E-state index is 5.05. The van der Waals surface area contributed by atoms with Gasteiger partial charge < -0.3 is 9.05 Å². The van der Waals surface area contributed by atoms with Gasteiger partial charge in [0.2, 0.25) is 5.69 Å². The first-order valence-electron chi connectivity index (χ1n) is 2.44. The molecule has 6 heteroatoms. The number of rotatable bonds is 4. The minimum absolute atomic E-state index is 0.0702. The molecule has 0 bridgehead atoms. The van der Waals surface area contributed by atoms with E-state index in [1.54, 1.807) is 0 Å². The van der Waals surface area contributed by atoms with Gasteiger partial charge in [0.05, 0.1) is 6.61 Å². The Balaban J connectivity index is 3.58. The first kappa shape index (κ1) is 9.98. The van der Waals surface area contributed by atoms with Gasteiger partial charge in [-0.25, -0.2) is 0 Å². The van der Waals surface area contributed by atoms with E-state index in [2.05, 4.69) is 12.2 Å². The smallest absolute Gasteiger partial charge is 0.243 e. The molecule has 0 aliphatic rings. The fourth-order valence-electron chi connectivity index (χ4n) is 0.295. The second-order valence-electron chi connectivity index (χ2n) is 1.18. The average Bonchev–Trinajstić information content (AvgIpc) is 1.64. The summed E-state index contributed by atoms with van der Waals surface area (Å²) in [6, 6.07) is 0. The van der Waals surface area contributed by atoms with Crippen LogP contribution in [0.25, 0.3) is 0 Å². The summed E-state index contributed by atoms with van der Waals surface area (Å²) in [4.78, 5) is 0. The standard InChI is InChI=1S/C3H8BO2PS2/c1-2-5-7(8,9)6-3-4/h2-3H2,1H3,(H,8,9). The molecule has 0 saturated carbocycles. The van der Waals surface area contributed by atoms with Gasteiger partial charge in [-0.05, 0) is 18.7 Å². The lowest BCUT2D eigenvalue weighted by Crippen LogP contribution is -1.91. The van der Waals surface area contributed by atoms with Crippen molar-refractivity contribution in [2.45, 2.75) is 6.92 Å². The van der Waals surface area contributed by atoms with Crippen molar-refractivity contribution in [3.63, 3.8) is 0 Å². The van der Waals surface area contributed by atoms with Crippen molar-refractivity contribution in [2.24, 2.45) is 0 Å². The molecule has 0 aliphatic carbocycles. The number of thiol groups is 1. The van der Waals surface area contributed by atoms with Crippen LogP contribution >= 0.6 is 17.9 Å². The van der Waals surface area contributed by atoms with Gasteiger partial charge in [-0.1, -0.05) is 12.2 Å². The van der Waals surface area contributed by atoms with Crippen LogP contribution in [0.5, 0.6) is 0 Å². The van der Waals surface area contributed by atoms with Crippen LogP contribution in [0.15, 0.2) is 0 Å². The van der Waals surface area contributed by atoms with E-state index in [1.165, 1.54) is 0 Å². The summed E-state index contributed by atoms with van der Waals surface area (Å²) in [6.07, 6.45) is 0. The second-order valence-corrected chi connectivity index (χ2v) is 6.47. The third kappa shape index (κ3) is 5.43. The molecule has 0 aromatic rings. The van der Waals surface area contributed by atoms with Crippen molar-refractivity contribution in [2.75, 3.05) is 13.1 Å². The number of hydrogen-bond acceptors (Lipinski definition) is 3. The van der Waals surface area contributed by atoms with Crippen molar-refractivity contribution in [1.82, 2.24) is 0 Å². The van der Waals surface area contributed by atoms with E-state index in [9.17, 15) is 0 Å². The molecule has 2 nitrogen and oxygen atoms in total. The quantitative estimate of drug-likeness (QED) is 0.401. The fraction of sp³-hybridized carbons (Fsp3) is 1.00. The van der Waals surface area contributed by atoms with Crippen LogP contribution in [0, 0.1) is 0 Å². The van der Waals surface area contributed by atoms with Crippen LogP contribution in [0.2, 0.25) is 0 Å². The minimum Gasteiger partial charge on any atom is -0.332 e. The molecule has 52 valence electrons. The van der Waals surface area contributed by atoms with Crippen LogP contribution in [-0.4, -0.2) is 21.0 Å².